The molecule has 1 aromatic rings. The summed E-state index contributed by atoms with van der Waals surface area (Å²) in [6.45, 7) is 7.63. The molecule has 0 spiro atoms. The molecule has 0 aliphatic carbocycles. The Morgan fingerprint density at radius 1 is 1.20 bits per heavy atom. The van der Waals surface area contributed by atoms with Crippen LogP contribution in [0.25, 0.3) is 0 Å². The van der Waals surface area contributed by atoms with Gasteiger partial charge in [0.15, 0.2) is 0 Å². The van der Waals surface area contributed by atoms with Crippen molar-refractivity contribution in [3.63, 3.8) is 0 Å². The van der Waals surface area contributed by atoms with Gasteiger partial charge in [0.25, 0.3) is 0 Å². The molecule has 4 heteroatoms. The summed E-state index contributed by atoms with van der Waals surface area (Å²) in [4.78, 5) is 4.95. The Morgan fingerprint density at radius 2 is 1.90 bits per heavy atom. The molecule has 1 fully saturated rings. The molecule has 0 aromatic heterocycles. The average molecular weight is 277 g/mol. The third kappa shape index (κ3) is 4.12. The molecule has 1 unspecified atom stereocenters. The molecule has 0 radical (unpaired) electrons. The predicted octanol–water partition coefficient (Wildman–Crippen LogP) is 1.94. The minimum absolute atomic E-state index is 0.324. The molecule has 112 valence electrons. The first kappa shape index (κ1) is 15.1. The second-order valence-corrected chi connectivity index (χ2v) is 5.62. The van der Waals surface area contributed by atoms with Gasteiger partial charge in [0.1, 0.15) is 5.75 Å². The maximum Gasteiger partial charge on any atom is 0.142 e. The van der Waals surface area contributed by atoms with E-state index in [0.29, 0.717) is 6.04 Å². The maximum absolute atomic E-state index is 5.80. The number of benzene rings is 1. The second kappa shape index (κ2) is 7.50. The van der Waals surface area contributed by atoms with Crippen molar-refractivity contribution in [2.24, 2.45) is 5.73 Å². The number of nitrogens with zero attached hydrogens (tertiary/aromatic N) is 2. The van der Waals surface area contributed by atoms with Gasteiger partial charge < -0.3 is 15.4 Å². The SMILES string of the molecule is COc1ccccc1N1CCN(CCCC(C)N)CC1. The normalized spacial score (nSPS) is 18.1. The van der Waals surface area contributed by atoms with Crippen molar-refractivity contribution < 1.29 is 4.74 Å². The van der Waals surface area contributed by atoms with E-state index in [-0.39, 0.29) is 0 Å². The Balaban J connectivity index is 1.82. The number of para-hydroxylation sites is 2. The number of anilines is 1. The molecule has 1 aliphatic rings. The summed E-state index contributed by atoms with van der Waals surface area (Å²) in [6.07, 6.45) is 2.32. The van der Waals surface area contributed by atoms with E-state index in [2.05, 4.69) is 28.9 Å². The van der Waals surface area contributed by atoms with Gasteiger partial charge >= 0.3 is 0 Å². The van der Waals surface area contributed by atoms with Crippen LogP contribution in [0.15, 0.2) is 24.3 Å². The molecule has 2 N–H and O–H groups in total. The number of methoxy groups -OCH3 is 1. The topological polar surface area (TPSA) is 41.7 Å². The fraction of sp³-hybridized carbons (Fsp3) is 0.625. The Bertz CT molecular complexity index is 400. The molecule has 1 aliphatic heterocycles. The van der Waals surface area contributed by atoms with Crippen molar-refractivity contribution >= 4 is 5.69 Å². The van der Waals surface area contributed by atoms with Crippen molar-refractivity contribution in [3.8, 4) is 5.75 Å². The quantitative estimate of drug-likeness (QED) is 0.863. The summed E-state index contributed by atoms with van der Waals surface area (Å²) in [5, 5.41) is 0. The van der Waals surface area contributed by atoms with Crippen LogP contribution in [0.1, 0.15) is 19.8 Å². The van der Waals surface area contributed by atoms with Gasteiger partial charge in [-0.3, -0.25) is 4.90 Å². The maximum atomic E-state index is 5.80. The Kier molecular flexibility index (Phi) is 5.68. The van der Waals surface area contributed by atoms with Gasteiger partial charge in [-0.2, -0.15) is 0 Å². The Hall–Kier alpha value is -1.26. The summed E-state index contributed by atoms with van der Waals surface area (Å²) in [5.41, 5.74) is 7.01. The van der Waals surface area contributed by atoms with Gasteiger partial charge in [-0.05, 0) is 38.4 Å². The molecule has 2 rings (SSSR count). The van der Waals surface area contributed by atoms with Crippen molar-refractivity contribution in [1.82, 2.24) is 4.90 Å². The molecule has 1 heterocycles. The van der Waals surface area contributed by atoms with Crippen LogP contribution in [0.2, 0.25) is 0 Å². The summed E-state index contributed by atoms with van der Waals surface area (Å²) in [5.74, 6) is 0.970. The first-order chi connectivity index (χ1) is 9.70. The van der Waals surface area contributed by atoms with E-state index >= 15 is 0 Å². The van der Waals surface area contributed by atoms with Gasteiger partial charge in [0.2, 0.25) is 0 Å². The predicted molar refractivity (Wildman–Crippen MR) is 84.5 cm³/mol. The standard InChI is InChI=1S/C16H27N3O/c1-14(17)6-5-9-18-10-12-19(13-11-18)15-7-3-4-8-16(15)20-2/h3-4,7-8,14H,5-6,9-13,17H2,1-2H3. The highest BCUT2D eigenvalue weighted by molar-refractivity contribution is 5.58. The monoisotopic (exact) mass is 277 g/mol. The molecule has 1 saturated heterocycles. The number of ether oxygens (including phenoxy) is 1. The number of piperazine rings is 1. The summed E-state index contributed by atoms with van der Waals surface area (Å²) >= 11 is 0. The molecular weight excluding hydrogens is 250 g/mol. The average Bonchev–Trinajstić information content (AvgIpc) is 2.47. The molecule has 0 bridgehead atoms. The minimum Gasteiger partial charge on any atom is -0.495 e. The summed E-state index contributed by atoms with van der Waals surface area (Å²) in [6, 6.07) is 8.60. The highest BCUT2D eigenvalue weighted by Gasteiger charge is 2.18. The van der Waals surface area contributed by atoms with E-state index < -0.39 is 0 Å². The lowest BCUT2D eigenvalue weighted by molar-refractivity contribution is 0.250. The highest BCUT2D eigenvalue weighted by atomic mass is 16.5. The zero-order chi connectivity index (χ0) is 14.4. The van der Waals surface area contributed by atoms with Gasteiger partial charge in [-0.15, -0.1) is 0 Å². The highest BCUT2D eigenvalue weighted by Crippen LogP contribution is 2.28. The van der Waals surface area contributed by atoms with Crippen molar-refractivity contribution in [1.29, 1.82) is 0 Å². The molecular formula is C16H27N3O. The number of hydrogen-bond donors (Lipinski definition) is 1. The van der Waals surface area contributed by atoms with E-state index in [1.54, 1.807) is 7.11 Å². The van der Waals surface area contributed by atoms with E-state index in [9.17, 15) is 0 Å². The zero-order valence-corrected chi connectivity index (χ0v) is 12.7. The lowest BCUT2D eigenvalue weighted by Crippen LogP contribution is -2.46. The van der Waals surface area contributed by atoms with Crippen LogP contribution in [0.5, 0.6) is 5.75 Å². The largest absolute Gasteiger partial charge is 0.495 e. The number of rotatable bonds is 6. The summed E-state index contributed by atoms with van der Waals surface area (Å²) < 4.78 is 5.45. The Morgan fingerprint density at radius 3 is 2.55 bits per heavy atom. The van der Waals surface area contributed by atoms with E-state index in [0.717, 1.165) is 38.3 Å². The van der Waals surface area contributed by atoms with E-state index in [1.165, 1.54) is 18.7 Å². The lowest BCUT2D eigenvalue weighted by atomic mass is 10.1. The molecule has 1 aromatic carbocycles. The fourth-order valence-electron chi connectivity index (χ4n) is 2.74. The molecule has 4 nitrogen and oxygen atoms in total. The van der Waals surface area contributed by atoms with Crippen LogP contribution in [-0.2, 0) is 0 Å². The Labute approximate surface area is 122 Å². The number of nitrogens with two attached hydrogens (primary N) is 1. The minimum atomic E-state index is 0.324. The van der Waals surface area contributed by atoms with Crippen LogP contribution >= 0.6 is 0 Å². The first-order valence-corrected chi connectivity index (χ1v) is 7.56. The van der Waals surface area contributed by atoms with E-state index in [4.69, 9.17) is 10.5 Å². The van der Waals surface area contributed by atoms with Crippen LogP contribution in [0.4, 0.5) is 5.69 Å². The van der Waals surface area contributed by atoms with Crippen LogP contribution < -0.4 is 15.4 Å². The fourth-order valence-corrected chi connectivity index (χ4v) is 2.74. The lowest BCUT2D eigenvalue weighted by Gasteiger charge is -2.36. The van der Waals surface area contributed by atoms with Gasteiger partial charge in [-0.25, -0.2) is 0 Å². The van der Waals surface area contributed by atoms with Crippen molar-refractivity contribution in [2.75, 3.05) is 44.7 Å². The van der Waals surface area contributed by atoms with Crippen molar-refractivity contribution in [3.05, 3.63) is 24.3 Å². The smallest absolute Gasteiger partial charge is 0.142 e. The van der Waals surface area contributed by atoms with Crippen molar-refractivity contribution in [2.45, 2.75) is 25.8 Å². The molecule has 0 amide bonds. The second-order valence-electron chi connectivity index (χ2n) is 5.62. The third-order valence-electron chi connectivity index (χ3n) is 3.93. The zero-order valence-electron chi connectivity index (χ0n) is 12.7. The molecule has 1 atom stereocenters. The molecule has 0 saturated carbocycles. The molecule has 20 heavy (non-hydrogen) atoms. The van der Waals surface area contributed by atoms with Crippen LogP contribution in [0, 0.1) is 0 Å². The third-order valence-corrected chi connectivity index (χ3v) is 3.93. The van der Waals surface area contributed by atoms with E-state index in [1.807, 2.05) is 12.1 Å². The van der Waals surface area contributed by atoms with Gasteiger partial charge in [-0.1, -0.05) is 12.1 Å². The summed E-state index contributed by atoms with van der Waals surface area (Å²) in [7, 11) is 1.74. The van der Waals surface area contributed by atoms with Crippen LogP contribution in [-0.4, -0.2) is 50.8 Å². The first-order valence-electron chi connectivity index (χ1n) is 7.56. The van der Waals surface area contributed by atoms with Crippen LogP contribution in [0.3, 0.4) is 0 Å². The van der Waals surface area contributed by atoms with Gasteiger partial charge in [0.05, 0.1) is 12.8 Å². The van der Waals surface area contributed by atoms with Gasteiger partial charge in [0, 0.05) is 32.2 Å². The number of hydrogen-bond acceptors (Lipinski definition) is 4.